The Morgan fingerprint density at radius 3 is 2.56 bits per heavy atom. The summed E-state index contributed by atoms with van der Waals surface area (Å²) in [6.07, 6.45) is 3.16. The first-order valence-corrected chi connectivity index (χ1v) is 3.46. The van der Waals surface area contributed by atoms with Crippen molar-refractivity contribution >= 4 is 0 Å². The minimum Gasteiger partial charge on any atom is -0.350 e. The number of hydrogen-bond acceptors (Lipinski definition) is 2. The molecule has 1 aliphatic rings. The maximum absolute atomic E-state index is 5.20. The lowest BCUT2D eigenvalue weighted by atomic mass is 10.2. The van der Waals surface area contributed by atoms with Crippen LogP contribution in [-0.2, 0) is 9.47 Å². The van der Waals surface area contributed by atoms with Crippen molar-refractivity contribution in [3.8, 4) is 0 Å². The molecule has 1 aliphatic heterocycles. The lowest BCUT2D eigenvalue weighted by Crippen LogP contribution is -2.06. The van der Waals surface area contributed by atoms with Gasteiger partial charge in [0.2, 0.25) is 0 Å². The average molecular weight is 129 g/mol. The summed E-state index contributed by atoms with van der Waals surface area (Å²) < 4.78 is 10.4. The standard InChI is InChI=1S/C7H13O2/c1-2-3-4-7-8-5-6-9-7/h7H,1-6H2. The largest absolute Gasteiger partial charge is 0.350 e. The highest BCUT2D eigenvalue weighted by Gasteiger charge is 2.13. The molecule has 0 spiro atoms. The van der Waals surface area contributed by atoms with Crippen molar-refractivity contribution in [1.29, 1.82) is 0 Å². The van der Waals surface area contributed by atoms with Crippen molar-refractivity contribution in [2.45, 2.75) is 25.6 Å². The molecule has 2 heteroatoms. The van der Waals surface area contributed by atoms with E-state index in [0.29, 0.717) is 0 Å². The molecule has 9 heavy (non-hydrogen) atoms. The van der Waals surface area contributed by atoms with Gasteiger partial charge < -0.3 is 9.47 Å². The molecular formula is C7H13O2. The predicted octanol–water partition coefficient (Wildman–Crippen LogP) is 1.36. The third-order valence-electron chi connectivity index (χ3n) is 1.38. The predicted molar refractivity (Wildman–Crippen MR) is 34.9 cm³/mol. The lowest BCUT2D eigenvalue weighted by Gasteiger charge is -2.05. The van der Waals surface area contributed by atoms with E-state index < -0.39 is 0 Å². The van der Waals surface area contributed by atoms with Gasteiger partial charge in [-0.05, 0) is 12.8 Å². The van der Waals surface area contributed by atoms with Gasteiger partial charge in [-0.2, -0.15) is 0 Å². The van der Waals surface area contributed by atoms with Gasteiger partial charge in [0.15, 0.2) is 6.29 Å². The summed E-state index contributed by atoms with van der Waals surface area (Å²) in [5.74, 6) is 0. The molecule has 0 aromatic carbocycles. The smallest absolute Gasteiger partial charge is 0.157 e. The third-order valence-corrected chi connectivity index (χ3v) is 1.38. The van der Waals surface area contributed by atoms with Crippen LogP contribution >= 0.6 is 0 Å². The van der Waals surface area contributed by atoms with Crippen LogP contribution in [0.25, 0.3) is 0 Å². The van der Waals surface area contributed by atoms with Gasteiger partial charge in [0.05, 0.1) is 13.2 Å². The summed E-state index contributed by atoms with van der Waals surface area (Å²) in [4.78, 5) is 0. The van der Waals surface area contributed by atoms with Crippen molar-refractivity contribution in [1.82, 2.24) is 0 Å². The zero-order valence-corrected chi connectivity index (χ0v) is 5.64. The first kappa shape index (κ1) is 7.03. The van der Waals surface area contributed by atoms with Crippen molar-refractivity contribution in [3.63, 3.8) is 0 Å². The van der Waals surface area contributed by atoms with Gasteiger partial charge in [0.1, 0.15) is 0 Å². The molecule has 1 heterocycles. The zero-order valence-electron chi connectivity index (χ0n) is 5.64. The molecule has 0 aromatic heterocycles. The second-order valence-electron chi connectivity index (χ2n) is 2.17. The van der Waals surface area contributed by atoms with Crippen LogP contribution < -0.4 is 0 Å². The SMILES string of the molecule is [CH2]CCCC1OCCO1. The van der Waals surface area contributed by atoms with E-state index in [1.54, 1.807) is 0 Å². The molecule has 2 nitrogen and oxygen atoms in total. The van der Waals surface area contributed by atoms with Crippen LogP contribution in [0.3, 0.4) is 0 Å². The molecule has 0 bridgehead atoms. The fourth-order valence-electron chi connectivity index (χ4n) is 0.885. The molecule has 0 aromatic rings. The molecule has 0 aliphatic carbocycles. The van der Waals surface area contributed by atoms with E-state index in [-0.39, 0.29) is 6.29 Å². The molecule has 0 amide bonds. The van der Waals surface area contributed by atoms with Crippen LogP contribution in [0.4, 0.5) is 0 Å². The molecule has 0 saturated carbocycles. The van der Waals surface area contributed by atoms with Gasteiger partial charge in [-0.1, -0.05) is 13.3 Å². The molecule has 53 valence electrons. The van der Waals surface area contributed by atoms with Crippen LogP contribution in [0, 0.1) is 6.92 Å². The average Bonchev–Trinajstić information content (AvgIpc) is 2.34. The number of hydrogen-bond donors (Lipinski definition) is 0. The van der Waals surface area contributed by atoms with Crippen LogP contribution in [0.2, 0.25) is 0 Å². The van der Waals surface area contributed by atoms with E-state index in [2.05, 4.69) is 6.92 Å². The summed E-state index contributed by atoms with van der Waals surface area (Å²) in [5, 5.41) is 0. The van der Waals surface area contributed by atoms with E-state index in [1.807, 2.05) is 0 Å². The number of unbranched alkanes of at least 4 members (excludes halogenated alkanes) is 1. The van der Waals surface area contributed by atoms with Gasteiger partial charge in [0.25, 0.3) is 0 Å². The lowest BCUT2D eigenvalue weighted by molar-refractivity contribution is -0.0475. The first-order chi connectivity index (χ1) is 4.43. The van der Waals surface area contributed by atoms with Gasteiger partial charge in [0, 0.05) is 0 Å². The summed E-state index contributed by atoms with van der Waals surface area (Å²) in [6, 6.07) is 0. The Kier molecular flexibility index (Phi) is 3.01. The summed E-state index contributed by atoms with van der Waals surface area (Å²) in [7, 11) is 0. The Bertz CT molecular complexity index is 67.3. The van der Waals surface area contributed by atoms with Crippen molar-refractivity contribution in [3.05, 3.63) is 6.92 Å². The Morgan fingerprint density at radius 1 is 1.33 bits per heavy atom. The van der Waals surface area contributed by atoms with Crippen molar-refractivity contribution in [2.24, 2.45) is 0 Å². The first-order valence-electron chi connectivity index (χ1n) is 3.46. The molecule has 0 N–H and O–H groups in total. The van der Waals surface area contributed by atoms with Crippen molar-refractivity contribution in [2.75, 3.05) is 13.2 Å². The highest BCUT2D eigenvalue weighted by Crippen LogP contribution is 2.10. The molecule has 1 radical (unpaired) electrons. The Morgan fingerprint density at radius 2 is 2.00 bits per heavy atom. The Hall–Kier alpha value is -0.0800. The highest BCUT2D eigenvalue weighted by molar-refractivity contribution is 4.52. The van der Waals surface area contributed by atoms with E-state index >= 15 is 0 Å². The van der Waals surface area contributed by atoms with Gasteiger partial charge in [-0.15, -0.1) is 0 Å². The number of rotatable bonds is 3. The molecule has 1 saturated heterocycles. The summed E-state index contributed by atoms with van der Waals surface area (Å²) >= 11 is 0. The fraction of sp³-hybridized carbons (Fsp3) is 0.857. The topological polar surface area (TPSA) is 18.5 Å². The fourth-order valence-corrected chi connectivity index (χ4v) is 0.885. The zero-order chi connectivity index (χ0) is 6.53. The maximum Gasteiger partial charge on any atom is 0.157 e. The van der Waals surface area contributed by atoms with Gasteiger partial charge >= 0.3 is 0 Å². The molecule has 1 rings (SSSR count). The summed E-state index contributed by atoms with van der Waals surface area (Å²) in [6.45, 7) is 5.27. The molecule has 0 atom stereocenters. The Labute approximate surface area is 56.2 Å². The molecular weight excluding hydrogens is 116 g/mol. The van der Waals surface area contributed by atoms with E-state index in [0.717, 1.165) is 32.5 Å². The normalized spacial score (nSPS) is 21.0. The highest BCUT2D eigenvalue weighted by atomic mass is 16.7. The molecule has 0 unspecified atom stereocenters. The van der Waals surface area contributed by atoms with Crippen molar-refractivity contribution < 1.29 is 9.47 Å². The second kappa shape index (κ2) is 3.85. The minimum atomic E-state index is 0.0757. The molecule has 1 fully saturated rings. The monoisotopic (exact) mass is 129 g/mol. The minimum absolute atomic E-state index is 0.0757. The van der Waals surface area contributed by atoms with E-state index in [4.69, 9.17) is 9.47 Å². The van der Waals surface area contributed by atoms with Crippen LogP contribution in [0.5, 0.6) is 0 Å². The third kappa shape index (κ3) is 2.33. The van der Waals surface area contributed by atoms with Crippen LogP contribution in [0.1, 0.15) is 19.3 Å². The van der Waals surface area contributed by atoms with E-state index in [1.165, 1.54) is 0 Å². The van der Waals surface area contributed by atoms with Crippen LogP contribution in [-0.4, -0.2) is 19.5 Å². The van der Waals surface area contributed by atoms with Gasteiger partial charge in [-0.3, -0.25) is 0 Å². The maximum atomic E-state index is 5.20. The summed E-state index contributed by atoms with van der Waals surface area (Å²) in [5.41, 5.74) is 0. The second-order valence-corrected chi connectivity index (χ2v) is 2.17. The van der Waals surface area contributed by atoms with E-state index in [9.17, 15) is 0 Å². The number of ether oxygens (including phenoxy) is 2. The van der Waals surface area contributed by atoms with Crippen LogP contribution in [0.15, 0.2) is 0 Å². The quantitative estimate of drug-likeness (QED) is 0.573. The van der Waals surface area contributed by atoms with Gasteiger partial charge in [-0.25, -0.2) is 0 Å². The Balaban J connectivity index is 1.98.